The number of aliphatic imine (C=N–C) groups is 1. The predicted octanol–water partition coefficient (Wildman–Crippen LogP) is 7.19. The molecule has 2 aliphatic heterocycles. The first-order valence-electron chi connectivity index (χ1n) is 13.4. The van der Waals surface area contributed by atoms with E-state index in [0.717, 1.165) is 17.4 Å². The monoisotopic (exact) mass is 822 g/mol. The fourth-order valence-corrected chi connectivity index (χ4v) is 4.61. The Labute approximate surface area is 285 Å². The number of nitrogens with zero attached hydrogens (tertiary/aromatic N) is 3. The van der Waals surface area contributed by atoms with Gasteiger partial charge in [0.05, 0.1) is 16.8 Å². The van der Waals surface area contributed by atoms with Crippen molar-refractivity contribution in [3.8, 4) is 0 Å². The Morgan fingerprint density at radius 3 is 2.14 bits per heavy atom. The first kappa shape index (κ1) is 40.6. The number of hydrogen-bond acceptors (Lipinski definition) is 8. The summed E-state index contributed by atoms with van der Waals surface area (Å²) in [7, 11) is 0. The van der Waals surface area contributed by atoms with Gasteiger partial charge in [0.15, 0.2) is 5.69 Å². The Kier molecular flexibility index (Phi) is 12.3. The van der Waals surface area contributed by atoms with Gasteiger partial charge in [0.25, 0.3) is 5.91 Å². The topological polar surface area (TPSA) is 138 Å². The molecule has 1 aromatic heterocycles. The highest BCUT2D eigenvalue weighted by molar-refractivity contribution is 9.10. The van der Waals surface area contributed by atoms with Crippen LogP contribution in [0.2, 0.25) is 0 Å². The summed E-state index contributed by atoms with van der Waals surface area (Å²) in [5, 5.41) is 10.1. The summed E-state index contributed by atoms with van der Waals surface area (Å²) in [4.78, 5) is 32.3. The summed E-state index contributed by atoms with van der Waals surface area (Å²) < 4.78 is 160. The number of aliphatic carboxylic acids is 1. The van der Waals surface area contributed by atoms with E-state index in [9.17, 15) is 62.3 Å². The van der Waals surface area contributed by atoms with E-state index in [4.69, 9.17) is 21.4 Å². The van der Waals surface area contributed by atoms with Crippen LogP contribution in [0.5, 0.6) is 0 Å². The quantitative estimate of drug-likeness (QED) is 0.137. The third kappa shape index (κ3) is 10.3. The number of amides is 1. The first-order valence-corrected chi connectivity index (χ1v) is 14.6. The molecule has 0 spiro atoms. The van der Waals surface area contributed by atoms with Crippen molar-refractivity contribution in [2.75, 3.05) is 25.1 Å². The van der Waals surface area contributed by atoms with E-state index < -0.39 is 81.4 Å². The molecule has 1 fully saturated rings. The van der Waals surface area contributed by atoms with E-state index in [-0.39, 0.29) is 23.1 Å². The van der Waals surface area contributed by atoms with Crippen LogP contribution in [0.15, 0.2) is 45.1 Å². The molecule has 4 rings (SSSR count). The molecule has 3 heterocycles. The molecule has 276 valence electrons. The summed E-state index contributed by atoms with van der Waals surface area (Å²) in [6, 6.07) is 3.07. The average molecular weight is 824 g/mol. The maximum atomic E-state index is 13.5. The second kappa shape index (κ2) is 15.2. The van der Waals surface area contributed by atoms with Crippen LogP contribution in [0.3, 0.4) is 0 Å². The van der Waals surface area contributed by atoms with Crippen LogP contribution < -0.4 is 16.0 Å². The lowest BCUT2D eigenvalue weighted by atomic mass is 10.0. The number of benzene rings is 1. The fraction of sp³-hybridized carbons (Fsp3) is 0.423. The second-order valence-corrected chi connectivity index (χ2v) is 11.6. The molecule has 24 heteroatoms. The number of alkyl halides is 13. The van der Waals surface area contributed by atoms with Gasteiger partial charge in [-0.25, -0.2) is 19.8 Å². The van der Waals surface area contributed by atoms with Crippen molar-refractivity contribution in [2.24, 2.45) is 10.9 Å². The van der Waals surface area contributed by atoms with E-state index in [1.165, 1.54) is 6.07 Å². The Morgan fingerprint density at radius 1 is 1.00 bits per heavy atom. The number of carbonyl (C=O) groups is 2. The van der Waals surface area contributed by atoms with Crippen molar-refractivity contribution in [2.45, 2.75) is 42.7 Å². The molecule has 1 aromatic carbocycles. The Hall–Kier alpha value is -3.86. The van der Waals surface area contributed by atoms with Gasteiger partial charge in [-0.3, -0.25) is 4.79 Å². The van der Waals surface area contributed by atoms with Gasteiger partial charge < -0.3 is 25.8 Å². The molecule has 2 aliphatic rings. The first-order chi connectivity index (χ1) is 22.8. The molecular formula is C26H20BrClF12N6O4. The molecule has 4 N–H and O–H groups in total. The minimum absolute atomic E-state index is 0.0714. The SMILES string of the molecule is O=C(NCC1CCOCC1)c1cnc(Nc2ccc(Br)cc2C(F)(F)F)nc1C(F)(F)F.O=C(O)C1=C(C(F)(F)F)NC(Cl)(C(F)(F)F)N=C1. The van der Waals surface area contributed by atoms with Gasteiger partial charge in [-0.1, -0.05) is 27.5 Å². The summed E-state index contributed by atoms with van der Waals surface area (Å²) in [5.41, 5.74) is -7.60. The molecule has 0 bridgehead atoms. The molecule has 50 heavy (non-hydrogen) atoms. The third-order valence-electron chi connectivity index (χ3n) is 6.55. The normalized spacial score (nSPS) is 18.9. The molecule has 0 radical (unpaired) electrons. The Bertz CT molecular complexity index is 1640. The molecule has 0 aliphatic carbocycles. The minimum atomic E-state index is -5.34. The molecule has 2 aromatic rings. The number of allylic oxidation sites excluding steroid dienone is 1. The zero-order valence-electron chi connectivity index (χ0n) is 24.3. The van der Waals surface area contributed by atoms with Crippen LogP contribution in [0, 0.1) is 5.92 Å². The van der Waals surface area contributed by atoms with E-state index in [1.54, 1.807) is 0 Å². The van der Waals surface area contributed by atoms with Gasteiger partial charge >= 0.3 is 35.8 Å². The van der Waals surface area contributed by atoms with Crippen molar-refractivity contribution in [1.82, 2.24) is 20.6 Å². The largest absolute Gasteiger partial charge is 0.478 e. The maximum Gasteiger partial charge on any atom is 0.447 e. The smallest absolute Gasteiger partial charge is 0.447 e. The minimum Gasteiger partial charge on any atom is -0.478 e. The van der Waals surface area contributed by atoms with Crippen LogP contribution >= 0.6 is 27.5 Å². The number of halogens is 14. The number of ether oxygens (including phenoxy) is 1. The van der Waals surface area contributed by atoms with Crippen LogP contribution in [-0.2, 0) is 21.9 Å². The van der Waals surface area contributed by atoms with Gasteiger partial charge in [-0.05, 0) is 37.0 Å². The number of carbonyl (C=O) groups excluding carboxylic acids is 1. The number of carboxylic acids is 1. The number of aromatic nitrogens is 2. The highest BCUT2D eigenvalue weighted by Gasteiger charge is 2.59. The van der Waals surface area contributed by atoms with Crippen molar-refractivity contribution >= 4 is 57.3 Å². The molecular weight excluding hydrogens is 804 g/mol. The number of hydrogen-bond donors (Lipinski definition) is 4. The Morgan fingerprint density at radius 2 is 1.62 bits per heavy atom. The summed E-state index contributed by atoms with van der Waals surface area (Å²) in [5.74, 6) is -3.76. The lowest BCUT2D eigenvalue weighted by Gasteiger charge is -2.32. The molecule has 0 saturated carbocycles. The van der Waals surface area contributed by atoms with Gasteiger partial charge in [-0.15, -0.1) is 0 Å². The van der Waals surface area contributed by atoms with Crippen molar-refractivity contribution in [3.05, 3.63) is 57.0 Å². The van der Waals surface area contributed by atoms with Crippen molar-refractivity contribution in [3.63, 3.8) is 0 Å². The van der Waals surface area contributed by atoms with Crippen LogP contribution in [0.4, 0.5) is 64.3 Å². The van der Waals surface area contributed by atoms with Gasteiger partial charge in [0, 0.05) is 36.6 Å². The van der Waals surface area contributed by atoms with Crippen molar-refractivity contribution < 1.29 is 72.1 Å². The zero-order valence-corrected chi connectivity index (χ0v) is 26.6. The van der Waals surface area contributed by atoms with E-state index in [0.29, 0.717) is 32.3 Å². The standard InChI is InChI=1S/C19H17BrF6N4O2.C7H3ClF6N2O2/c20-11-1-2-14(13(7-11)18(21,22)23)29-17-28-9-12(15(30-17)19(24,25)26)16(31)27-8-10-3-5-32-6-4-10;8-6(7(12,13)14)15-1-2(4(17)18)3(16-6)5(9,10)11/h1-2,7,9-10H,3-6,8H2,(H,27,31)(H,28,29,30);1,16H,(H,17,18). The van der Waals surface area contributed by atoms with Gasteiger partial charge in [0.2, 0.25) is 5.95 Å². The van der Waals surface area contributed by atoms with Gasteiger partial charge in [0.1, 0.15) is 11.3 Å². The summed E-state index contributed by atoms with van der Waals surface area (Å²) in [6.07, 6.45) is -18.6. The van der Waals surface area contributed by atoms with Crippen LogP contribution in [0.1, 0.15) is 34.5 Å². The third-order valence-corrected chi connectivity index (χ3v) is 7.45. The lowest BCUT2D eigenvalue weighted by molar-refractivity contribution is -0.173. The maximum absolute atomic E-state index is 13.5. The molecule has 1 unspecified atom stereocenters. The van der Waals surface area contributed by atoms with Crippen LogP contribution in [-0.4, -0.2) is 70.4 Å². The molecule has 1 atom stereocenters. The molecule has 10 nitrogen and oxygen atoms in total. The number of anilines is 2. The number of nitrogens with one attached hydrogen (secondary N) is 3. The van der Waals surface area contributed by atoms with E-state index in [1.807, 2.05) is 0 Å². The molecule has 1 amide bonds. The Balaban J connectivity index is 0.000000319. The lowest BCUT2D eigenvalue weighted by Crippen LogP contribution is -2.55. The second-order valence-electron chi connectivity index (χ2n) is 10.1. The number of rotatable bonds is 6. The molecule has 1 saturated heterocycles. The van der Waals surface area contributed by atoms with Crippen molar-refractivity contribution in [1.29, 1.82) is 0 Å². The van der Waals surface area contributed by atoms with Crippen LogP contribution in [0.25, 0.3) is 0 Å². The highest BCUT2D eigenvalue weighted by atomic mass is 79.9. The number of carboxylic acid groups (broad SMARTS) is 1. The predicted molar refractivity (Wildman–Crippen MR) is 152 cm³/mol. The van der Waals surface area contributed by atoms with E-state index >= 15 is 0 Å². The van der Waals surface area contributed by atoms with Gasteiger partial charge in [-0.2, -0.15) is 52.7 Å². The summed E-state index contributed by atoms with van der Waals surface area (Å²) >= 11 is 7.78. The fourth-order valence-electron chi connectivity index (χ4n) is 4.10. The summed E-state index contributed by atoms with van der Waals surface area (Å²) in [6.45, 7) is 1.18. The zero-order chi connectivity index (χ0) is 37.9. The van der Waals surface area contributed by atoms with E-state index in [2.05, 4.69) is 41.5 Å². The highest BCUT2D eigenvalue weighted by Crippen LogP contribution is 2.41. The average Bonchev–Trinajstić information content (AvgIpc) is 2.99.